The number of hydrogen-bond acceptors (Lipinski definition) is 4. The van der Waals surface area contributed by atoms with Gasteiger partial charge in [-0.25, -0.2) is 4.79 Å². The van der Waals surface area contributed by atoms with Gasteiger partial charge in [-0.1, -0.05) is 42.5 Å². The van der Waals surface area contributed by atoms with Gasteiger partial charge in [-0.05, 0) is 17.7 Å². The molecule has 0 fully saturated rings. The van der Waals surface area contributed by atoms with Crippen LogP contribution in [0.2, 0.25) is 0 Å². The molecule has 6 heteroatoms. The summed E-state index contributed by atoms with van der Waals surface area (Å²) in [6.45, 7) is -0.377. The zero-order valence-electron chi connectivity index (χ0n) is 13.2. The number of pyridine rings is 1. The number of aliphatic hydroxyl groups is 1. The van der Waals surface area contributed by atoms with Gasteiger partial charge in [-0.3, -0.25) is 9.88 Å². The lowest BCUT2D eigenvalue weighted by Crippen LogP contribution is -2.36. The number of aliphatic hydroxyl groups excluding tert-OH is 1. The number of nitrogens with zero attached hydrogens (tertiary/aromatic N) is 3. The third-order valence-corrected chi connectivity index (χ3v) is 4.00. The van der Waals surface area contributed by atoms with Crippen LogP contribution >= 0.6 is 0 Å². The second-order valence-corrected chi connectivity index (χ2v) is 5.41. The summed E-state index contributed by atoms with van der Waals surface area (Å²) in [6, 6.07) is 16.8. The van der Waals surface area contributed by atoms with Gasteiger partial charge in [0.1, 0.15) is 6.07 Å². The number of amides is 1. The molecule has 6 nitrogen and oxygen atoms in total. The van der Waals surface area contributed by atoms with E-state index in [2.05, 4.69) is 11.1 Å². The predicted octanol–water partition coefficient (Wildman–Crippen LogP) is 3.32. The molecule has 1 aromatic heterocycles. The summed E-state index contributed by atoms with van der Waals surface area (Å²) in [4.78, 5) is 17.3. The molecular weight excluding hydrogens is 318 g/mol. The highest BCUT2D eigenvalue weighted by Gasteiger charge is 2.27. The van der Waals surface area contributed by atoms with Crippen molar-refractivity contribution in [3.05, 3.63) is 71.9 Å². The fourth-order valence-electron chi connectivity index (χ4n) is 2.88. The quantitative estimate of drug-likeness (QED) is 0.763. The van der Waals surface area contributed by atoms with Crippen molar-refractivity contribution < 1.29 is 15.0 Å². The van der Waals surface area contributed by atoms with Gasteiger partial charge in [0.05, 0.1) is 29.4 Å². The van der Waals surface area contributed by atoms with Crippen LogP contribution in [0.15, 0.2) is 60.8 Å². The zero-order valence-corrected chi connectivity index (χ0v) is 13.2. The molecule has 2 aromatic carbocycles. The minimum atomic E-state index is -1.20. The van der Waals surface area contributed by atoms with Crippen molar-refractivity contribution in [1.29, 1.82) is 5.26 Å². The van der Waals surface area contributed by atoms with Crippen LogP contribution in [0.3, 0.4) is 0 Å². The molecule has 3 rings (SSSR count). The Labute approximate surface area is 144 Å². The standard InChI is InChI=1S/C19H15N3O3/c20-11-14-7-4-8-15-16(9-10-21-18(14)15)22(19(24)25)17(12-23)13-5-2-1-3-6-13/h1-10,17,23H,12H2,(H,24,25)/t17-/m1/s1. The third-order valence-electron chi connectivity index (χ3n) is 4.00. The highest BCUT2D eigenvalue weighted by Crippen LogP contribution is 2.33. The lowest BCUT2D eigenvalue weighted by Gasteiger charge is -2.29. The molecule has 0 bridgehead atoms. The molecule has 124 valence electrons. The van der Waals surface area contributed by atoms with Crippen LogP contribution in [0.1, 0.15) is 17.2 Å². The largest absolute Gasteiger partial charge is 0.465 e. The van der Waals surface area contributed by atoms with E-state index in [-0.39, 0.29) is 6.61 Å². The summed E-state index contributed by atoms with van der Waals surface area (Å²) in [7, 11) is 0. The van der Waals surface area contributed by atoms with Crippen molar-refractivity contribution in [2.75, 3.05) is 11.5 Å². The van der Waals surface area contributed by atoms with Crippen LogP contribution in [0.4, 0.5) is 10.5 Å². The molecule has 0 spiro atoms. The Kier molecular flexibility index (Phi) is 4.59. The molecule has 0 radical (unpaired) electrons. The van der Waals surface area contributed by atoms with Gasteiger partial charge in [0, 0.05) is 11.6 Å². The number of hydrogen-bond donors (Lipinski definition) is 2. The Balaban J connectivity index is 2.22. The number of nitriles is 1. The zero-order chi connectivity index (χ0) is 17.8. The molecule has 0 saturated heterocycles. The average Bonchev–Trinajstić information content (AvgIpc) is 2.65. The number of rotatable bonds is 4. The molecule has 25 heavy (non-hydrogen) atoms. The fourth-order valence-corrected chi connectivity index (χ4v) is 2.88. The molecule has 0 saturated carbocycles. The topological polar surface area (TPSA) is 97.5 Å². The SMILES string of the molecule is N#Cc1cccc2c(N(C(=O)O)[C@H](CO)c3ccccc3)ccnc12. The van der Waals surface area contributed by atoms with Crippen molar-refractivity contribution in [2.45, 2.75) is 6.04 Å². The van der Waals surface area contributed by atoms with E-state index in [0.29, 0.717) is 27.7 Å². The Morgan fingerprint density at radius 1 is 1.16 bits per heavy atom. The van der Waals surface area contributed by atoms with Crippen LogP contribution in [0, 0.1) is 11.3 Å². The number of para-hydroxylation sites is 1. The number of anilines is 1. The first-order valence-corrected chi connectivity index (χ1v) is 7.63. The smallest absolute Gasteiger partial charge is 0.412 e. The summed E-state index contributed by atoms with van der Waals surface area (Å²) < 4.78 is 0. The Hall–Kier alpha value is -3.43. The summed E-state index contributed by atoms with van der Waals surface area (Å²) in [6.07, 6.45) is 0.270. The van der Waals surface area contributed by atoms with Gasteiger partial charge in [-0.15, -0.1) is 0 Å². The van der Waals surface area contributed by atoms with E-state index in [4.69, 9.17) is 0 Å². The van der Waals surface area contributed by atoms with Gasteiger partial charge in [0.15, 0.2) is 0 Å². The second kappa shape index (κ2) is 6.99. The summed E-state index contributed by atoms with van der Waals surface area (Å²) in [5.74, 6) is 0. The van der Waals surface area contributed by atoms with Crippen molar-refractivity contribution in [3.63, 3.8) is 0 Å². The minimum Gasteiger partial charge on any atom is -0.465 e. The van der Waals surface area contributed by atoms with E-state index in [0.717, 1.165) is 4.90 Å². The fraction of sp³-hybridized carbons (Fsp3) is 0.105. The summed E-state index contributed by atoms with van der Waals surface area (Å²) in [5.41, 5.74) is 1.84. The maximum atomic E-state index is 12.0. The molecule has 2 N–H and O–H groups in total. The van der Waals surface area contributed by atoms with Gasteiger partial charge in [0.2, 0.25) is 0 Å². The number of aromatic nitrogens is 1. The predicted molar refractivity (Wildman–Crippen MR) is 93.2 cm³/mol. The van der Waals surface area contributed by atoms with Gasteiger partial charge < -0.3 is 10.2 Å². The second-order valence-electron chi connectivity index (χ2n) is 5.41. The minimum absolute atomic E-state index is 0.366. The van der Waals surface area contributed by atoms with Crippen molar-refractivity contribution in [1.82, 2.24) is 4.98 Å². The first-order valence-electron chi connectivity index (χ1n) is 7.63. The van der Waals surface area contributed by atoms with E-state index >= 15 is 0 Å². The Bertz CT molecular complexity index is 951. The molecule has 1 amide bonds. The highest BCUT2D eigenvalue weighted by atomic mass is 16.4. The van der Waals surface area contributed by atoms with E-state index in [1.807, 2.05) is 6.07 Å². The van der Waals surface area contributed by atoms with Crippen LogP contribution in [-0.2, 0) is 0 Å². The lowest BCUT2D eigenvalue weighted by atomic mass is 10.0. The number of carboxylic acid groups (broad SMARTS) is 1. The van der Waals surface area contributed by atoms with Crippen LogP contribution in [-0.4, -0.2) is 27.9 Å². The van der Waals surface area contributed by atoms with E-state index < -0.39 is 12.1 Å². The molecule has 0 aliphatic heterocycles. The first-order chi connectivity index (χ1) is 12.2. The highest BCUT2D eigenvalue weighted by molar-refractivity contribution is 6.01. The average molecular weight is 333 g/mol. The summed E-state index contributed by atoms with van der Waals surface area (Å²) in [5, 5.41) is 29.5. The molecule has 0 aliphatic rings. The van der Waals surface area contributed by atoms with E-state index in [9.17, 15) is 20.3 Å². The lowest BCUT2D eigenvalue weighted by molar-refractivity contribution is 0.190. The van der Waals surface area contributed by atoms with Crippen molar-refractivity contribution >= 4 is 22.7 Å². The molecule has 0 unspecified atom stereocenters. The number of benzene rings is 2. The van der Waals surface area contributed by atoms with E-state index in [1.165, 1.54) is 6.20 Å². The van der Waals surface area contributed by atoms with Gasteiger partial charge in [0.25, 0.3) is 0 Å². The monoisotopic (exact) mass is 333 g/mol. The molecule has 1 heterocycles. The maximum Gasteiger partial charge on any atom is 0.412 e. The number of fused-ring (bicyclic) bond motifs is 1. The molecular formula is C19H15N3O3. The van der Waals surface area contributed by atoms with Gasteiger partial charge >= 0.3 is 6.09 Å². The van der Waals surface area contributed by atoms with Crippen molar-refractivity contribution in [3.8, 4) is 6.07 Å². The normalized spacial score (nSPS) is 11.7. The Morgan fingerprint density at radius 2 is 1.92 bits per heavy atom. The maximum absolute atomic E-state index is 12.0. The van der Waals surface area contributed by atoms with Crippen LogP contribution < -0.4 is 4.90 Å². The number of carbonyl (C=O) groups is 1. The first kappa shape index (κ1) is 16.4. The summed E-state index contributed by atoms with van der Waals surface area (Å²) >= 11 is 0. The molecule has 0 aliphatic carbocycles. The van der Waals surface area contributed by atoms with Crippen LogP contribution in [0.25, 0.3) is 10.9 Å². The Morgan fingerprint density at radius 3 is 2.56 bits per heavy atom. The molecule has 3 aromatic rings. The van der Waals surface area contributed by atoms with Gasteiger partial charge in [-0.2, -0.15) is 5.26 Å². The van der Waals surface area contributed by atoms with Crippen molar-refractivity contribution in [2.24, 2.45) is 0 Å². The third kappa shape index (κ3) is 3.01. The van der Waals surface area contributed by atoms with E-state index in [1.54, 1.807) is 48.5 Å². The van der Waals surface area contributed by atoms with Crippen LogP contribution in [0.5, 0.6) is 0 Å². The molecule has 1 atom stereocenters.